The van der Waals surface area contributed by atoms with Crippen molar-refractivity contribution in [3.8, 4) is 11.5 Å². The zero-order chi connectivity index (χ0) is 12.3. The van der Waals surface area contributed by atoms with Gasteiger partial charge in [-0.25, -0.2) is 4.98 Å². The van der Waals surface area contributed by atoms with Gasteiger partial charge in [0.25, 0.3) is 0 Å². The number of phenolic OH excluding ortho intramolecular Hbond substituents is 2. The van der Waals surface area contributed by atoms with Crippen molar-refractivity contribution < 1.29 is 10.2 Å². The lowest BCUT2D eigenvalue weighted by molar-refractivity contribution is 0.394. The van der Waals surface area contributed by atoms with Crippen LogP contribution in [0.3, 0.4) is 0 Å². The normalized spacial score (nSPS) is 10.6. The number of H-pyrrole nitrogens is 1. The van der Waals surface area contributed by atoms with Crippen LogP contribution in [0.15, 0.2) is 28.5 Å². The molecule has 6 nitrogen and oxygen atoms in total. The van der Waals surface area contributed by atoms with Crippen LogP contribution in [0, 0.1) is 0 Å². The van der Waals surface area contributed by atoms with Gasteiger partial charge in [-0.05, 0) is 42.4 Å². The molecule has 0 aliphatic heterocycles. The van der Waals surface area contributed by atoms with Gasteiger partial charge >= 0.3 is 0 Å². The van der Waals surface area contributed by atoms with Crippen molar-refractivity contribution in [1.82, 2.24) is 15.2 Å². The number of aromatic amines is 1. The van der Waals surface area contributed by atoms with Crippen molar-refractivity contribution >= 4 is 11.8 Å². The molecule has 0 bridgehead atoms. The fraction of sp³-hybridized carbons (Fsp3) is 0.200. The number of phenols is 2. The molecule has 2 rings (SSSR count). The highest BCUT2D eigenvalue weighted by molar-refractivity contribution is 7.99. The summed E-state index contributed by atoms with van der Waals surface area (Å²) >= 11 is 1.20. The molecule has 1 aromatic heterocycles. The van der Waals surface area contributed by atoms with E-state index < -0.39 is 0 Å². The average molecular weight is 252 g/mol. The second-order valence-corrected chi connectivity index (χ2v) is 4.42. The van der Waals surface area contributed by atoms with Crippen LogP contribution in [0.2, 0.25) is 0 Å². The smallest absolute Gasteiger partial charge is 0.188 e. The highest BCUT2D eigenvalue weighted by Gasteiger charge is 2.11. The predicted molar refractivity (Wildman–Crippen MR) is 63.0 cm³/mol. The van der Waals surface area contributed by atoms with E-state index >= 15 is 0 Å². The molecule has 0 spiro atoms. The summed E-state index contributed by atoms with van der Waals surface area (Å²) in [5, 5.41) is 26.2. The van der Waals surface area contributed by atoms with Crippen molar-refractivity contribution in [2.45, 2.75) is 16.5 Å². The van der Waals surface area contributed by atoms with Crippen molar-refractivity contribution in [3.05, 3.63) is 24.0 Å². The van der Waals surface area contributed by atoms with Crippen LogP contribution in [0.5, 0.6) is 11.5 Å². The standard InChI is InChI=1S/C10H12N4O2S/c11-2-1-6-3-7(15)9(16)8(4-6)17-10-12-5-13-14-10/h3-5,15-16H,1-2,11H2,(H,12,13,14). The molecule has 7 heteroatoms. The Kier molecular flexibility index (Phi) is 3.50. The molecule has 0 unspecified atom stereocenters. The summed E-state index contributed by atoms with van der Waals surface area (Å²) in [4.78, 5) is 4.46. The number of nitrogens with one attached hydrogen (secondary N) is 1. The highest BCUT2D eigenvalue weighted by atomic mass is 32.2. The molecule has 17 heavy (non-hydrogen) atoms. The molecule has 0 radical (unpaired) electrons. The first-order valence-electron chi connectivity index (χ1n) is 4.99. The van der Waals surface area contributed by atoms with Gasteiger partial charge in [0.05, 0.1) is 4.90 Å². The highest BCUT2D eigenvalue weighted by Crippen LogP contribution is 2.39. The molecule has 0 aliphatic rings. The van der Waals surface area contributed by atoms with E-state index in [1.165, 1.54) is 24.2 Å². The van der Waals surface area contributed by atoms with Crippen molar-refractivity contribution in [3.63, 3.8) is 0 Å². The van der Waals surface area contributed by atoms with Gasteiger partial charge in [-0.3, -0.25) is 5.10 Å². The van der Waals surface area contributed by atoms with Crippen LogP contribution < -0.4 is 5.73 Å². The lowest BCUT2D eigenvalue weighted by Crippen LogP contribution is -2.02. The molecule has 90 valence electrons. The summed E-state index contributed by atoms with van der Waals surface area (Å²) in [7, 11) is 0. The molecule has 0 atom stereocenters. The minimum Gasteiger partial charge on any atom is -0.504 e. The fourth-order valence-electron chi connectivity index (χ4n) is 1.38. The third kappa shape index (κ3) is 2.69. The number of aromatic nitrogens is 3. The monoisotopic (exact) mass is 252 g/mol. The fourth-order valence-corrected chi connectivity index (χ4v) is 2.20. The van der Waals surface area contributed by atoms with Gasteiger partial charge in [-0.2, -0.15) is 5.10 Å². The average Bonchev–Trinajstić information content (AvgIpc) is 2.78. The van der Waals surface area contributed by atoms with Crippen LogP contribution in [0.1, 0.15) is 5.56 Å². The van der Waals surface area contributed by atoms with E-state index in [1.54, 1.807) is 6.07 Å². The lowest BCUT2D eigenvalue weighted by atomic mass is 10.1. The van der Waals surface area contributed by atoms with E-state index in [9.17, 15) is 10.2 Å². The van der Waals surface area contributed by atoms with Crippen LogP contribution in [0.25, 0.3) is 0 Å². The molecular weight excluding hydrogens is 240 g/mol. The van der Waals surface area contributed by atoms with Crippen molar-refractivity contribution in [2.75, 3.05) is 6.54 Å². The van der Waals surface area contributed by atoms with Crippen LogP contribution in [-0.2, 0) is 6.42 Å². The molecule has 5 N–H and O–H groups in total. The van der Waals surface area contributed by atoms with E-state index in [0.717, 1.165) is 5.56 Å². The van der Waals surface area contributed by atoms with Gasteiger partial charge in [-0.1, -0.05) is 0 Å². The number of aromatic hydroxyl groups is 2. The Hall–Kier alpha value is -1.73. The topological polar surface area (TPSA) is 108 Å². The largest absolute Gasteiger partial charge is 0.504 e. The first-order chi connectivity index (χ1) is 8.20. The predicted octanol–water partition coefficient (Wildman–Crippen LogP) is 0.868. The van der Waals surface area contributed by atoms with Gasteiger partial charge in [0.15, 0.2) is 16.7 Å². The Balaban J connectivity index is 2.31. The number of nitrogens with two attached hydrogens (primary N) is 1. The lowest BCUT2D eigenvalue weighted by Gasteiger charge is -2.07. The molecular formula is C10H12N4O2S. The minimum atomic E-state index is -0.160. The van der Waals surface area contributed by atoms with E-state index in [1.807, 2.05) is 0 Å². The first-order valence-corrected chi connectivity index (χ1v) is 5.80. The van der Waals surface area contributed by atoms with E-state index in [-0.39, 0.29) is 11.5 Å². The summed E-state index contributed by atoms with van der Waals surface area (Å²) in [6, 6.07) is 3.28. The number of hydrogen-bond donors (Lipinski definition) is 4. The maximum absolute atomic E-state index is 9.72. The number of hydrogen-bond acceptors (Lipinski definition) is 6. The summed E-state index contributed by atoms with van der Waals surface area (Å²) in [5.41, 5.74) is 6.32. The Bertz CT molecular complexity index is 501. The molecule has 2 aromatic rings. The third-order valence-corrected chi connectivity index (χ3v) is 3.07. The number of nitrogens with zero attached hydrogens (tertiary/aromatic N) is 2. The Morgan fingerprint density at radius 2 is 2.18 bits per heavy atom. The molecule has 0 aliphatic carbocycles. The maximum Gasteiger partial charge on any atom is 0.188 e. The molecule has 1 aromatic carbocycles. The van der Waals surface area contributed by atoms with E-state index in [2.05, 4.69) is 15.2 Å². The second-order valence-electron chi connectivity index (χ2n) is 3.39. The molecule has 0 saturated heterocycles. The van der Waals surface area contributed by atoms with Crippen molar-refractivity contribution in [1.29, 1.82) is 0 Å². The molecule has 0 fully saturated rings. The van der Waals surface area contributed by atoms with Gasteiger partial charge in [0.2, 0.25) is 0 Å². The van der Waals surface area contributed by atoms with Gasteiger partial charge in [0.1, 0.15) is 6.33 Å². The Labute approximate surface area is 102 Å². The molecule has 1 heterocycles. The van der Waals surface area contributed by atoms with Crippen LogP contribution in [0.4, 0.5) is 0 Å². The summed E-state index contributed by atoms with van der Waals surface area (Å²) in [6.07, 6.45) is 2.01. The summed E-state index contributed by atoms with van der Waals surface area (Å²) in [6.45, 7) is 0.483. The van der Waals surface area contributed by atoms with Crippen LogP contribution in [-0.4, -0.2) is 31.9 Å². The first kappa shape index (κ1) is 11.7. The zero-order valence-corrected chi connectivity index (χ0v) is 9.74. The quantitative estimate of drug-likeness (QED) is 0.601. The number of rotatable bonds is 4. The maximum atomic E-state index is 9.72. The Morgan fingerprint density at radius 1 is 1.35 bits per heavy atom. The number of benzene rings is 1. The van der Waals surface area contributed by atoms with E-state index in [0.29, 0.717) is 23.0 Å². The summed E-state index contributed by atoms with van der Waals surface area (Å²) in [5.74, 6) is -0.315. The van der Waals surface area contributed by atoms with Gasteiger partial charge in [0, 0.05) is 0 Å². The Morgan fingerprint density at radius 3 is 2.82 bits per heavy atom. The van der Waals surface area contributed by atoms with E-state index in [4.69, 9.17) is 5.73 Å². The second kappa shape index (κ2) is 5.07. The minimum absolute atomic E-state index is 0.155. The van der Waals surface area contributed by atoms with Gasteiger partial charge < -0.3 is 15.9 Å². The SMILES string of the molecule is NCCc1cc(O)c(O)c(Sc2ncn[nH]2)c1. The van der Waals surface area contributed by atoms with Crippen LogP contribution >= 0.6 is 11.8 Å². The molecule has 0 saturated carbocycles. The zero-order valence-electron chi connectivity index (χ0n) is 8.92. The third-order valence-electron chi connectivity index (χ3n) is 2.15. The van der Waals surface area contributed by atoms with Gasteiger partial charge in [-0.15, -0.1) is 0 Å². The van der Waals surface area contributed by atoms with Crippen molar-refractivity contribution in [2.24, 2.45) is 5.73 Å². The summed E-state index contributed by atoms with van der Waals surface area (Å²) < 4.78 is 0. The molecule has 0 amide bonds.